The molecule has 120 valence electrons. The van der Waals surface area contributed by atoms with Gasteiger partial charge in [0.25, 0.3) is 15.9 Å². The highest BCUT2D eigenvalue weighted by Crippen LogP contribution is 2.38. The van der Waals surface area contributed by atoms with Crippen molar-refractivity contribution in [3.63, 3.8) is 0 Å². The summed E-state index contributed by atoms with van der Waals surface area (Å²) >= 11 is 5.84. The zero-order valence-electron chi connectivity index (χ0n) is 12.1. The fourth-order valence-electron chi connectivity index (χ4n) is 2.22. The van der Waals surface area contributed by atoms with Gasteiger partial charge < -0.3 is 9.64 Å². The SMILES string of the molecule is CN1C(=O)COc2c(NS(=O)(=O)c3cccc(Cl)c3)cccc21. The van der Waals surface area contributed by atoms with Gasteiger partial charge >= 0.3 is 0 Å². The molecule has 0 spiro atoms. The second-order valence-electron chi connectivity index (χ2n) is 4.96. The zero-order valence-corrected chi connectivity index (χ0v) is 13.7. The van der Waals surface area contributed by atoms with Crippen LogP contribution in [-0.4, -0.2) is 28.0 Å². The monoisotopic (exact) mass is 352 g/mol. The van der Waals surface area contributed by atoms with Gasteiger partial charge in [-0.1, -0.05) is 23.7 Å². The van der Waals surface area contributed by atoms with E-state index in [0.29, 0.717) is 16.5 Å². The van der Waals surface area contributed by atoms with Gasteiger partial charge in [-0.15, -0.1) is 0 Å². The lowest BCUT2D eigenvalue weighted by molar-refractivity contribution is -0.120. The van der Waals surface area contributed by atoms with Gasteiger partial charge in [-0.2, -0.15) is 0 Å². The van der Waals surface area contributed by atoms with Gasteiger partial charge in [0.1, 0.15) is 0 Å². The highest BCUT2D eigenvalue weighted by atomic mass is 35.5. The lowest BCUT2D eigenvalue weighted by atomic mass is 10.2. The Morgan fingerprint density at radius 3 is 2.70 bits per heavy atom. The third-order valence-corrected chi connectivity index (χ3v) is 5.02. The molecule has 1 aliphatic rings. The number of nitrogens with zero attached hydrogens (tertiary/aromatic N) is 1. The number of nitrogens with one attached hydrogen (secondary N) is 1. The maximum atomic E-state index is 12.5. The van der Waals surface area contributed by atoms with Gasteiger partial charge in [-0.05, 0) is 30.3 Å². The van der Waals surface area contributed by atoms with Crippen LogP contribution in [0.3, 0.4) is 0 Å². The molecule has 0 unspecified atom stereocenters. The van der Waals surface area contributed by atoms with Gasteiger partial charge in [-0.25, -0.2) is 8.42 Å². The fourth-order valence-corrected chi connectivity index (χ4v) is 3.59. The quantitative estimate of drug-likeness (QED) is 0.920. The fraction of sp³-hybridized carbons (Fsp3) is 0.133. The predicted octanol–water partition coefficient (Wildman–Crippen LogP) is 2.50. The molecule has 2 aromatic rings. The average molecular weight is 353 g/mol. The number of amides is 1. The normalized spacial score (nSPS) is 14.2. The van der Waals surface area contributed by atoms with E-state index in [1.54, 1.807) is 37.4 Å². The molecule has 0 aromatic heterocycles. The summed E-state index contributed by atoms with van der Waals surface area (Å²) in [4.78, 5) is 13.1. The Balaban J connectivity index is 2.00. The number of para-hydroxylation sites is 1. The number of anilines is 2. The second-order valence-corrected chi connectivity index (χ2v) is 7.08. The first-order chi connectivity index (χ1) is 10.9. The number of fused-ring (bicyclic) bond motifs is 1. The molecule has 1 amide bonds. The molecule has 6 nitrogen and oxygen atoms in total. The molecule has 0 saturated heterocycles. The third kappa shape index (κ3) is 2.97. The smallest absolute Gasteiger partial charge is 0.264 e. The summed E-state index contributed by atoms with van der Waals surface area (Å²) in [6.45, 7) is -0.139. The standard InChI is InChI=1S/C15H13ClN2O4S/c1-18-13-7-3-6-12(15(13)22-9-14(18)19)17-23(20,21)11-5-2-4-10(16)8-11/h2-8,17H,9H2,1H3. The van der Waals surface area contributed by atoms with Crippen LogP contribution in [-0.2, 0) is 14.8 Å². The predicted molar refractivity (Wildman–Crippen MR) is 87.6 cm³/mol. The van der Waals surface area contributed by atoms with Crippen LogP contribution in [0.5, 0.6) is 5.75 Å². The maximum absolute atomic E-state index is 12.5. The van der Waals surface area contributed by atoms with E-state index in [0.717, 1.165) is 0 Å². The first-order valence-corrected chi connectivity index (χ1v) is 8.55. The molecule has 3 rings (SSSR count). The molecule has 2 aromatic carbocycles. The summed E-state index contributed by atoms with van der Waals surface area (Å²) in [6, 6.07) is 10.9. The van der Waals surface area contributed by atoms with Gasteiger partial charge in [0.2, 0.25) is 0 Å². The molecule has 0 atom stereocenters. The van der Waals surface area contributed by atoms with Crippen molar-refractivity contribution in [2.45, 2.75) is 4.90 Å². The number of halogens is 1. The molecule has 1 aliphatic heterocycles. The summed E-state index contributed by atoms with van der Waals surface area (Å²) in [5.74, 6) is 0.118. The minimum atomic E-state index is -3.82. The Bertz CT molecular complexity index is 883. The first-order valence-electron chi connectivity index (χ1n) is 6.69. The number of sulfonamides is 1. The summed E-state index contributed by atoms with van der Waals surface area (Å²) in [6.07, 6.45) is 0. The molecule has 0 radical (unpaired) electrons. The van der Waals surface area contributed by atoms with Crippen molar-refractivity contribution in [3.8, 4) is 5.75 Å². The van der Waals surface area contributed by atoms with Crippen LogP contribution in [0, 0.1) is 0 Å². The molecule has 0 aliphatic carbocycles. The average Bonchev–Trinajstić information content (AvgIpc) is 2.51. The first kappa shape index (κ1) is 15.6. The number of hydrogen-bond donors (Lipinski definition) is 1. The number of carbonyl (C=O) groups excluding carboxylic acids is 1. The summed E-state index contributed by atoms with van der Waals surface area (Å²) in [7, 11) is -2.21. The van der Waals surface area contributed by atoms with Crippen molar-refractivity contribution in [3.05, 3.63) is 47.5 Å². The number of likely N-dealkylation sites (N-methyl/N-ethyl adjacent to an activating group) is 1. The highest BCUT2D eigenvalue weighted by molar-refractivity contribution is 7.92. The minimum absolute atomic E-state index is 0.0443. The van der Waals surface area contributed by atoms with Crippen molar-refractivity contribution >= 4 is 38.9 Å². The molecular weight excluding hydrogens is 340 g/mol. The zero-order chi connectivity index (χ0) is 16.6. The van der Waals surface area contributed by atoms with Crippen LogP contribution < -0.4 is 14.4 Å². The van der Waals surface area contributed by atoms with Gasteiger partial charge in [0, 0.05) is 12.1 Å². The van der Waals surface area contributed by atoms with Crippen molar-refractivity contribution in [1.29, 1.82) is 0 Å². The second kappa shape index (κ2) is 5.75. The van der Waals surface area contributed by atoms with Crippen LogP contribution in [0.25, 0.3) is 0 Å². The van der Waals surface area contributed by atoms with E-state index in [1.807, 2.05) is 0 Å². The van der Waals surface area contributed by atoms with Crippen LogP contribution in [0.1, 0.15) is 0 Å². The van der Waals surface area contributed by atoms with Crippen molar-refractivity contribution in [2.24, 2.45) is 0 Å². The van der Waals surface area contributed by atoms with Gasteiger partial charge in [0.05, 0.1) is 16.3 Å². The van der Waals surface area contributed by atoms with E-state index < -0.39 is 10.0 Å². The van der Waals surface area contributed by atoms with E-state index >= 15 is 0 Å². The topological polar surface area (TPSA) is 75.7 Å². The highest BCUT2D eigenvalue weighted by Gasteiger charge is 2.26. The van der Waals surface area contributed by atoms with Crippen LogP contribution >= 0.6 is 11.6 Å². The van der Waals surface area contributed by atoms with Crippen molar-refractivity contribution < 1.29 is 17.9 Å². The lowest BCUT2D eigenvalue weighted by Gasteiger charge is -2.27. The summed E-state index contributed by atoms with van der Waals surface area (Å²) in [5.41, 5.74) is 0.773. The molecular formula is C15H13ClN2O4S. The molecule has 1 N–H and O–H groups in total. The molecule has 23 heavy (non-hydrogen) atoms. The van der Waals surface area contributed by atoms with E-state index in [2.05, 4.69) is 4.72 Å². The molecule has 0 bridgehead atoms. The Hall–Kier alpha value is -2.25. The Kier molecular flexibility index (Phi) is 3.91. The molecule has 8 heteroatoms. The third-order valence-electron chi connectivity index (χ3n) is 3.42. The Morgan fingerprint density at radius 1 is 1.22 bits per heavy atom. The van der Waals surface area contributed by atoms with Crippen LogP contribution in [0.4, 0.5) is 11.4 Å². The van der Waals surface area contributed by atoms with E-state index in [4.69, 9.17) is 16.3 Å². The molecule has 0 saturated carbocycles. The van der Waals surface area contributed by atoms with E-state index in [9.17, 15) is 13.2 Å². The maximum Gasteiger partial charge on any atom is 0.264 e. The number of benzene rings is 2. The number of carbonyl (C=O) groups is 1. The largest absolute Gasteiger partial charge is 0.479 e. The summed E-state index contributed by atoms with van der Waals surface area (Å²) < 4.78 is 32.8. The molecule has 1 heterocycles. The lowest BCUT2D eigenvalue weighted by Crippen LogP contribution is -2.35. The minimum Gasteiger partial charge on any atom is -0.479 e. The van der Waals surface area contributed by atoms with E-state index in [-0.39, 0.29) is 23.1 Å². The van der Waals surface area contributed by atoms with Gasteiger partial charge in [0.15, 0.2) is 12.4 Å². The number of ether oxygens (including phenoxy) is 1. The number of hydrogen-bond acceptors (Lipinski definition) is 4. The summed E-state index contributed by atoms with van der Waals surface area (Å²) in [5, 5.41) is 0.324. The Morgan fingerprint density at radius 2 is 1.96 bits per heavy atom. The van der Waals surface area contributed by atoms with E-state index in [1.165, 1.54) is 17.0 Å². The Labute approximate surface area is 138 Å². The van der Waals surface area contributed by atoms with Gasteiger partial charge in [-0.3, -0.25) is 9.52 Å². The van der Waals surface area contributed by atoms with Crippen molar-refractivity contribution in [1.82, 2.24) is 0 Å². The van der Waals surface area contributed by atoms with Crippen LogP contribution in [0.2, 0.25) is 5.02 Å². The van der Waals surface area contributed by atoms with Crippen LogP contribution in [0.15, 0.2) is 47.4 Å². The molecule has 0 fully saturated rings. The van der Waals surface area contributed by atoms with Crippen molar-refractivity contribution in [2.75, 3.05) is 23.3 Å². The number of rotatable bonds is 3.